The van der Waals surface area contributed by atoms with Gasteiger partial charge in [0.25, 0.3) is 0 Å². The molecule has 3 N–H and O–H groups in total. The number of rotatable bonds is 7. The summed E-state index contributed by atoms with van der Waals surface area (Å²) in [4.78, 5) is 4.22. The number of likely N-dealkylation sites (N-methyl/N-ethyl adjacent to an activating group) is 1. The Hall–Kier alpha value is -0.620. The number of aromatic nitrogens is 1. The molecule has 0 aromatic carbocycles. The van der Waals surface area contributed by atoms with Gasteiger partial charge in [0.2, 0.25) is 0 Å². The molecule has 0 spiro atoms. The van der Waals surface area contributed by atoms with Crippen molar-refractivity contribution >= 4 is 11.8 Å². The van der Waals surface area contributed by atoms with Gasteiger partial charge in [-0.2, -0.15) is 0 Å². The Morgan fingerprint density at radius 3 is 2.94 bits per heavy atom. The van der Waals surface area contributed by atoms with E-state index in [4.69, 9.17) is 0 Å². The van der Waals surface area contributed by atoms with Gasteiger partial charge in [-0.15, -0.1) is 11.8 Å². The standard InChI is InChI=1S/C11H19N3OS/c1-9(11(15)12-2)13-7-8-16-10-5-3-4-6-14-10/h3-6,9,11-13,15H,7-8H2,1-2H3. The van der Waals surface area contributed by atoms with Crippen LogP contribution in [0.15, 0.2) is 29.4 Å². The molecule has 0 radical (unpaired) electrons. The van der Waals surface area contributed by atoms with E-state index < -0.39 is 6.23 Å². The fourth-order valence-electron chi connectivity index (χ4n) is 1.24. The summed E-state index contributed by atoms with van der Waals surface area (Å²) in [5.74, 6) is 0.942. The lowest BCUT2D eigenvalue weighted by atomic mass is 10.3. The fraction of sp³-hybridized carbons (Fsp3) is 0.545. The highest BCUT2D eigenvalue weighted by molar-refractivity contribution is 7.99. The van der Waals surface area contributed by atoms with Crippen LogP contribution >= 0.6 is 11.8 Å². The van der Waals surface area contributed by atoms with Crippen molar-refractivity contribution in [3.05, 3.63) is 24.4 Å². The SMILES string of the molecule is CNC(O)C(C)NCCSc1ccccn1. The van der Waals surface area contributed by atoms with E-state index in [-0.39, 0.29) is 6.04 Å². The molecule has 5 heteroatoms. The monoisotopic (exact) mass is 241 g/mol. The largest absolute Gasteiger partial charge is 0.377 e. The third kappa shape index (κ3) is 4.94. The van der Waals surface area contributed by atoms with Crippen molar-refractivity contribution in [2.75, 3.05) is 19.3 Å². The molecule has 4 nitrogen and oxygen atoms in total. The van der Waals surface area contributed by atoms with Gasteiger partial charge in [-0.25, -0.2) is 4.98 Å². The van der Waals surface area contributed by atoms with Crippen molar-refractivity contribution < 1.29 is 5.11 Å². The maximum atomic E-state index is 9.45. The molecule has 0 aliphatic rings. The van der Waals surface area contributed by atoms with Gasteiger partial charge in [-0.3, -0.25) is 5.32 Å². The van der Waals surface area contributed by atoms with Crippen molar-refractivity contribution in [1.82, 2.24) is 15.6 Å². The number of aliphatic hydroxyl groups is 1. The van der Waals surface area contributed by atoms with E-state index in [0.29, 0.717) is 0 Å². The van der Waals surface area contributed by atoms with Crippen LogP contribution < -0.4 is 10.6 Å². The Morgan fingerprint density at radius 2 is 2.31 bits per heavy atom. The van der Waals surface area contributed by atoms with Crippen LogP contribution in [-0.2, 0) is 0 Å². The first-order valence-corrected chi connectivity index (χ1v) is 6.35. The molecule has 16 heavy (non-hydrogen) atoms. The molecule has 1 aromatic heterocycles. The summed E-state index contributed by atoms with van der Waals surface area (Å²) in [6, 6.07) is 5.94. The van der Waals surface area contributed by atoms with Crippen LogP contribution in [0, 0.1) is 0 Å². The van der Waals surface area contributed by atoms with E-state index in [0.717, 1.165) is 17.3 Å². The zero-order valence-electron chi connectivity index (χ0n) is 9.68. The maximum Gasteiger partial charge on any atom is 0.119 e. The lowest BCUT2D eigenvalue weighted by Crippen LogP contribution is -2.45. The number of pyridine rings is 1. The van der Waals surface area contributed by atoms with Gasteiger partial charge in [0.15, 0.2) is 0 Å². The van der Waals surface area contributed by atoms with E-state index in [2.05, 4.69) is 15.6 Å². The van der Waals surface area contributed by atoms with Crippen LogP contribution in [0.1, 0.15) is 6.92 Å². The zero-order chi connectivity index (χ0) is 11.8. The van der Waals surface area contributed by atoms with Crippen LogP contribution in [0.3, 0.4) is 0 Å². The van der Waals surface area contributed by atoms with E-state index >= 15 is 0 Å². The molecular weight excluding hydrogens is 222 g/mol. The minimum atomic E-state index is -0.500. The van der Waals surface area contributed by atoms with Gasteiger partial charge in [-0.1, -0.05) is 6.07 Å². The molecule has 2 atom stereocenters. The van der Waals surface area contributed by atoms with E-state index in [1.807, 2.05) is 25.1 Å². The Morgan fingerprint density at radius 1 is 1.50 bits per heavy atom. The number of hydrogen-bond acceptors (Lipinski definition) is 5. The Kier molecular flexibility index (Phi) is 6.40. The van der Waals surface area contributed by atoms with Gasteiger partial charge in [0, 0.05) is 24.5 Å². The van der Waals surface area contributed by atoms with Crippen LogP contribution in [-0.4, -0.2) is 41.7 Å². The van der Waals surface area contributed by atoms with Crippen LogP contribution in [0.2, 0.25) is 0 Å². The molecule has 0 fully saturated rings. The number of thioether (sulfide) groups is 1. The minimum absolute atomic E-state index is 0.0503. The third-order valence-corrected chi connectivity index (χ3v) is 3.17. The fourth-order valence-corrected chi connectivity index (χ4v) is 1.98. The van der Waals surface area contributed by atoms with Crippen molar-refractivity contribution in [3.63, 3.8) is 0 Å². The lowest BCUT2D eigenvalue weighted by Gasteiger charge is -2.19. The summed E-state index contributed by atoms with van der Waals surface area (Å²) in [7, 11) is 1.74. The van der Waals surface area contributed by atoms with Crippen LogP contribution in [0.4, 0.5) is 0 Å². The lowest BCUT2D eigenvalue weighted by molar-refractivity contribution is 0.110. The number of nitrogens with zero attached hydrogens (tertiary/aromatic N) is 1. The zero-order valence-corrected chi connectivity index (χ0v) is 10.5. The average Bonchev–Trinajstić information content (AvgIpc) is 2.34. The second-order valence-corrected chi connectivity index (χ2v) is 4.61. The number of nitrogens with one attached hydrogen (secondary N) is 2. The molecule has 2 unspecified atom stereocenters. The predicted octanol–water partition coefficient (Wildman–Crippen LogP) is 0.690. The summed E-state index contributed by atoms with van der Waals surface area (Å²) in [6.45, 7) is 2.80. The molecule has 0 amide bonds. The molecule has 1 heterocycles. The van der Waals surface area contributed by atoms with E-state index in [1.54, 1.807) is 25.0 Å². The molecule has 1 rings (SSSR count). The summed E-state index contributed by atoms with van der Waals surface area (Å²) in [5, 5.41) is 16.5. The number of aliphatic hydroxyl groups excluding tert-OH is 1. The van der Waals surface area contributed by atoms with Crippen molar-refractivity contribution in [3.8, 4) is 0 Å². The molecule has 0 saturated carbocycles. The molecular formula is C11H19N3OS. The topological polar surface area (TPSA) is 57.2 Å². The second kappa shape index (κ2) is 7.62. The molecule has 0 aliphatic heterocycles. The Balaban J connectivity index is 2.13. The highest BCUT2D eigenvalue weighted by atomic mass is 32.2. The average molecular weight is 241 g/mol. The van der Waals surface area contributed by atoms with Gasteiger partial charge in [0.1, 0.15) is 6.23 Å². The molecule has 0 bridgehead atoms. The second-order valence-electron chi connectivity index (χ2n) is 3.49. The van der Waals surface area contributed by atoms with Crippen molar-refractivity contribution in [2.24, 2.45) is 0 Å². The van der Waals surface area contributed by atoms with Crippen molar-refractivity contribution in [2.45, 2.75) is 24.2 Å². The normalized spacial score (nSPS) is 14.7. The molecule has 90 valence electrons. The van der Waals surface area contributed by atoms with Gasteiger partial charge in [0.05, 0.1) is 5.03 Å². The van der Waals surface area contributed by atoms with Crippen molar-refractivity contribution in [1.29, 1.82) is 0 Å². The van der Waals surface area contributed by atoms with Gasteiger partial charge in [-0.05, 0) is 26.1 Å². The van der Waals surface area contributed by atoms with E-state index in [1.165, 1.54) is 0 Å². The first-order valence-electron chi connectivity index (χ1n) is 5.36. The first kappa shape index (κ1) is 13.4. The number of hydrogen-bond donors (Lipinski definition) is 3. The first-order chi connectivity index (χ1) is 7.74. The molecule has 0 aliphatic carbocycles. The predicted molar refractivity (Wildman–Crippen MR) is 67.5 cm³/mol. The summed E-state index contributed by atoms with van der Waals surface area (Å²) in [5.41, 5.74) is 0. The van der Waals surface area contributed by atoms with Crippen LogP contribution in [0.25, 0.3) is 0 Å². The van der Waals surface area contributed by atoms with E-state index in [9.17, 15) is 5.11 Å². The minimum Gasteiger partial charge on any atom is -0.377 e. The Labute approximate surface area is 101 Å². The quantitative estimate of drug-likeness (QED) is 0.372. The maximum absolute atomic E-state index is 9.45. The molecule has 1 aromatic rings. The highest BCUT2D eigenvalue weighted by Gasteiger charge is 2.09. The summed E-state index contributed by atoms with van der Waals surface area (Å²) in [6.07, 6.45) is 1.29. The van der Waals surface area contributed by atoms with Gasteiger partial charge < -0.3 is 10.4 Å². The summed E-state index contributed by atoms with van der Waals surface area (Å²) < 4.78 is 0. The highest BCUT2D eigenvalue weighted by Crippen LogP contribution is 2.12. The van der Waals surface area contributed by atoms with Crippen LogP contribution in [0.5, 0.6) is 0 Å². The smallest absolute Gasteiger partial charge is 0.119 e. The molecule has 0 saturated heterocycles. The third-order valence-electron chi connectivity index (χ3n) is 2.23. The van der Waals surface area contributed by atoms with Gasteiger partial charge >= 0.3 is 0 Å². The Bertz CT molecular complexity index is 284. The summed E-state index contributed by atoms with van der Waals surface area (Å²) >= 11 is 1.71.